The molecular weight excluding hydrogens is 382 g/mol. The third-order valence-electron chi connectivity index (χ3n) is 1.90. The maximum absolute atomic E-state index is 4.43. The molecule has 0 aromatic carbocycles. The minimum atomic E-state index is -0.0119. The van der Waals surface area contributed by atoms with Gasteiger partial charge in [0, 0.05) is 5.82 Å². The first kappa shape index (κ1) is 16.3. The van der Waals surface area contributed by atoms with Crippen molar-refractivity contribution in [3.63, 3.8) is 0 Å². The van der Waals surface area contributed by atoms with E-state index >= 15 is 0 Å². The summed E-state index contributed by atoms with van der Waals surface area (Å²) in [6, 6.07) is 1.93. The molecule has 0 spiro atoms. The van der Waals surface area contributed by atoms with Gasteiger partial charge in [-0.1, -0.05) is 33.0 Å². The monoisotopic (exact) mass is 401 g/mol. The van der Waals surface area contributed by atoms with Gasteiger partial charge in [-0.15, -0.1) is 0 Å². The Morgan fingerprint density at radius 3 is 2.41 bits per heavy atom. The average molecular weight is 401 g/mol. The van der Waals surface area contributed by atoms with Crippen LogP contribution in [-0.2, 0) is 26.5 Å². The summed E-state index contributed by atoms with van der Waals surface area (Å²) in [7, 11) is 0. The van der Waals surface area contributed by atoms with Gasteiger partial charge in [0.15, 0.2) is 0 Å². The molecule has 0 amide bonds. The van der Waals surface area contributed by atoms with Crippen LogP contribution in [0.15, 0.2) is 12.3 Å². The second-order valence-electron chi connectivity index (χ2n) is 4.72. The molecule has 0 saturated heterocycles. The summed E-state index contributed by atoms with van der Waals surface area (Å²) in [5.74, 6) is 0.833. The smallest absolute Gasteiger partial charge is 0.382 e. The van der Waals surface area contributed by atoms with Crippen LogP contribution in [0.5, 0.6) is 0 Å². The second kappa shape index (κ2) is 6.90. The number of aromatic nitrogens is 3. The number of fused-ring (bicyclic) bond motifs is 1. The number of hydrogen-bond acceptors (Lipinski definition) is 2. The summed E-state index contributed by atoms with van der Waals surface area (Å²) in [5.41, 5.74) is 1.79. The van der Waals surface area contributed by atoms with Crippen LogP contribution in [0.2, 0.25) is 0 Å². The predicted molar refractivity (Wildman–Crippen MR) is 67.1 cm³/mol. The first-order valence-corrected chi connectivity index (χ1v) is 5.46. The zero-order valence-corrected chi connectivity index (χ0v) is 14.0. The van der Waals surface area contributed by atoms with Gasteiger partial charge >= 0.3 is 21.1 Å². The number of nitrogens with one attached hydrogen (secondary N) is 1. The molecule has 0 aliphatic heterocycles. The van der Waals surface area contributed by atoms with Crippen molar-refractivity contribution in [2.45, 2.75) is 40.0 Å². The van der Waals surface area contributed by atoms with Gasteiger partial charge in [-0.25, -0.2) is 0 Å². The molecule has 0 aliphatic rings. The van der Waals surface area contributed by atoms with Gasteiger partial charge < -0.3 is 21.4 Å². The van der Waals surface area contributed by atoms with Crippen molar-refractivity contribution < 1.29 is 21.1 Å². The van der Waals surface area contributed by atoms with Crippen LogP contribution in [0.1, 0.15) is 40.4 Å². The first-order valence-electron chi connectivity index (χ1n) is 5.46. The average Bonchev–Trinajstić information content (AvgIpc) is 2.63. The van der Waals surface area contributed by atoms with Crippen molar-refractivity contribution in [2.24, 2.45) is 0 Å². The van der Waals surface area contributed by atoms with E-state index in [4.69, 9.17) is 0 Å². The molecule has 92 valence electrons. The molecule has 0 unspecified atom stereocenters. The summed E-state index contributed by atoms with van der Waals surface area (Å²) in [6.45, 7) is 10.3. The van der Waals surface area contributed by atoms with Gasteiger partial charge in [0.05, 0.1) is 0 Å². The fourth-order valence-electron chi connectivity index (χ4n) is 1.13. The van der Waals surface area contributed by atoms with Crippen LogP contribution in [0.25, 0.3) is 11.0 Å². The van der Waals surface area contributed by atoms with Crippen molar-refractivity contribution in [2.75, 3.05) is 0 Å². The first-order chi connectivity index (χ1) is 7.49. The fourth-order valence-corrected chi connectivity index (χ4v) is 1.13. The summed E-state index contributed by atoms with van der Waals surface area (Å²) in [4.78, 5) is 11.6. The minimum absolute atomic E-state index is 0. The van der Waals surface area contributed by atoms with Crippen LogP contribution in [0.3, 0.4) is 0 Å². The Labute approximate surface area is 118 Å². The minimum Gasteiger partial charge on any atom is -0.382 e. The van der Waals surface area contributed by atoms with Crippen molar-refractivity contribution in [3.05, 3.63) is 30.7 Å². The number of H-pyrrole nitrogens is 1. The molecule has 2 heterocycles. The Hall–Kier alpha value is -0.692. The Morgan fingerprint density at radius 1 is 1.29 bits per heavy atom. The summed E-state index contributed by atoms with van der Waals surface area (Å²) >= 11 is 0. The van der Waals surface area contributed by atoms with Crippen molar-refractivity contribution in [1.29, 1.82) is 0 Å². The largest absolute Gasteiger partial charge is 2.00 e. The topological polar surface area (TPSA) is 41.6 Å². The molecule has 2 aromatic heterocycles. The number of nitrogens with zero attached hydrogens (tertiary/aromatic N) is 2. The van der Waals surface area contributed by atoms with E-state index in [-0.39, 0.29) is 26.5 Å². The molecule has 2 aromatic rings. The van der Waals surface area contributed by atoms with Crippen molar-refractivity contribution in [3.8, 4) is 0 Å². The molecule has 0 saturated carbocycles. The van der Waals surface area contributed by atoms with Gasteiger partial charge in [0.2, 0.25) is 0 Å². The molecule has 4 heteroatoms. The molecule has 17 heavy (non-hydrogen) atoms. The molecule has 0 bridgehead atoms. The predicted octanol–water partition coefficient (Wildman–Crippen LogP) is 3.28. The number of aromatic amines is 1. The quantitative estimate of drug-likeness (QED) is 0.689. The standard InChI is InChI=1S/C10H12N3.C3H7.W/c1-10(2,3)9-12-6-8-7(13-9)4-5-11-8;1-3-2;/h4-5,11H,1-3H3;3H,1-2H3;/q2*-1;+2. The molecule has 0 aliphatic carbocycles. The van der Waals surface area contributed by atoms with Gasteiger partial charge in [-0.05, 0) is 22.6 Å². The Kier molecular flexibility index (Phi) is 6.62. The molecule has 2 rings (SSSR count). The van der Waals surface area contributed by atoms with Crippen LogP contribution < -0.4 is 0 Å². The molecule has 3 nitrogen and oxygen atoms in total. The van der Waals surface area contributed by atoms with Gasteiger partial charge in [0.1, 0.15) is 0 Å². The maximum Gasteiger partial charge on any atom is 2.00 e. The van der Waals surface area contributed by atoms with Gasteiger partial charge in [-0.3, -0.25) is 0 Å². The van der Waals surface area contributed by atoms with E-state index < -0.39 is 0 Å². The van der Waals surface area contributed by atoms with E-state index in [1.807, 2.05) is 32.5 Å². The van der Waals surface area contributed by atoms with E-state index in [0.717, 1.165) is 16.9 Å². The van der Waals surface area contributed by atoms with E-state index in [9.17, 15) is 0 Å². The van der Waals surface area contributed by atoms with Gasteiger partial charge in [-0.2, -0.15) is 13.8 Å². The molecular formula is C13H19N3W. The molecule has 0 atom stereocenters. The Balaban J connectivity index is 0.000000583. The van der Waals surface area contributed by atoms with E-state index in [2.05, 4.69) is 41.9 Å². The normalized spacial score (nSPS) is 10.4. The van der Waals surface area contributed by atoms with Crippen molar-refractivity contribution in [1.82, 2.24) is 15.0 Å². The number of rotatable bonds is 0. The van der Waals surface area contributed by atoms with Crippen LogP contribution in [-0.4, -0.2) is 15.0 Å². The number of hydrogen-bond donors (Lipinski definition) is 1. The summed E-state index contributed by atoms with van der Waals surface area (Å²) < 4.78 is 0. The second-order valence-corrected chi connectivity index (χ2v) is 4.72. The molecule has 1 N–H and O–H groups in total. The Morgan fingerprint density at radius 2 is 1.88 bits per heavy atom. The van der Waals surface area contributed by atoms with Crippen LogP contribution >= 0.6 is 0 Å². The van der Waals surface area contributed by atoms with E-state index in [1.165, 1.54) is 0 Å². The summed E-state index contributed by atoms with van der Waals surface area (Å²) in [6.07, 6.45) is 6.79. The SMILES string of the molecule is CC(C)(C)c1n[c-]c2[nH]ccc2n1.C[CH-]C.[W+2]. The van der Waals surface area contributed by atoms with Crippen LogP contribution in [0.4, 0.5) is 0 Å². The van der Waals surface area contributed by atoms with Crippen molar-refractivity contribution >= 4 is 11.0 Å². The molecule has 0 fully saturated rings. The third kappa shape index (κ3) is 4.59. The zero-order valence-electron chi connectivity index (χ0n) is 11.0. The zero-order chi connectivity index (χ0) is 12.2. The Bertz CT molecular complexity index is 443. The van der Waals surface area contributed by atoms with E-state index in [0.29, 0.717) is 0 Å². The summed E-state index contributed by atoms with van der Waals surface area (Å²) in [5, 5.41) is 0. The fraction of sp³-hybridized carbons (Fsp3) is 0.462. The van der Waals surface area contributed by atoms with Gasteiger partial charge in [0.25, 0.3) is 0 Å². The maximum atomic E-state index is 4.43. The van der Waals surface area contributed by atoms with E-state index in [1.54, 1.807) is 0 Å². The third-order valence-corrected chi connectivity index (χ3v) is 1.90. The van der Waals surface area contributed by atoms with Crippen LogP contribution in [0, 0.1) is 12.6 Å². The molecule has 0 radical (unpaired) electrons.